The van der Waals surface area contributed by atoms with E-state index in [1.54, 1.807) is 0 Å². The lowest BCUT2D eigenvalue weighted by Gasteiger charge is -2.49. The molecule has 0 radical (unpaired) electrons. The highest BCUT2D eigenvalue weighted by Crippen LogP contribution is 2.38. The fraction of sp³-hybridized carbons (Fsp3) is 1.00. The van der Waals surface area contributed by atoms with Crippen LogP contribution in [0.25, 0.3) is 0 Å². The van der Waals surface area contributed by atoms with Crippen molar-refractivity contribution in [1.29, 1.82) is 0 Å². The van der Waals surface area contributed by atoms with Gasteiger partial charge in [0.05, 0.1) is 6.10 Å². The highest BCUT2D eigenvalue weighted by atomic mass is 16.5. The van der Waals surface area contributed by atoms with Crippen LogP contribution in [0.2, 0.25) is 0 Å². The van der Waals surface area contributed by atoms with Crippen molar-refractivity contribution in [1.82, 2.24) is 5.32 Å². The second-order valence-corrected chi connectivity index (χ2v) is 3.33. The number of nitrogens with one attached hydrogen (secondary N) is 1. The van der Waals surface area contributed by atoms with E-state index in [2.05, 4.69) is 12.2 Å². The van der Waals surface area contributed by atoms with Gasteiger partial charge in [0.25, 0.3) is 0 Å². The molecule has 2 saturated heterocycles. The summed E-state index contributed by atoms with van der Waals surface area (Å²) < 4.78 is 5.60. The molecular formula is C8H15NO. The van der Waals surface area contributed by atoms with Gasteiger partial charge in [0.15, 0.2) is 0 Å². The van der Waals surface area contributed by atoms with E-state index in [-0.39, 0.29) is 0 Å². The van der Waals surface area contributed by atoms with Crippen LogP contribution in [0, 0.1) is 11.8 Å². The molecule has 0 aromatic rings. The molecule has 3 rings (SSSR count). The molecule has 1 aliphatic carbocycles. The van der Waals surface area contributed by atoms with Crippen molar-refractivity contribution >= 4 is 0 Å². The molecule has 58 valence electrons. The van der Waals surface area contributed by atoms with Crippen molar-refractivity contribution in [3.8, 4) is 0 Å². The summed E-state index contributed by atoms with van der Waals surface area (Å²) >= 11 is 0. The quantitative estimate of drug-likeness (QED) is 0.609. The van der Waals surface area contributed by atoms with Gasteiger partial charge in [-0.25, -0.2) is 0 Å². The van der Waals surface area contributed by atoms with Gasteiger partial charge in [-0.1, -0.05) is 0 Å². The lowest BCUT2D eigenvalue weighted by molar-refractivity contribution is -0.107. The first-order valence-electron chi connectivity index (χ1n) is 4.24. The summed E-state index contributed by atoms with van der Waals surface area (Å²) in [6, 6.07) is 0. The fourth-order valence-corrected chi connectivity index (χ4v) is 2.16. The van der Waals surface area contributed by atoms with Gasteiger partial charge in [0, 0.05) is 19.7 Å². The Morgan fingerprint density at radius 1 is 1.40 bits per heavy atom. The molecule has 1 N–H and O–H groups in total. The van der Waals surface area contributed by atoms with E-state index in [4.69, 9.17) is 4.74 Å². The van der Waals surface area contributed by atoms with Gasteiger partial charge >= 0.3 is 0 Å². The van der Waals surface area contributed by atoms with Crippen LogP contribution in [0.5, 0.6) is 0 Å². The third kappa shape index (κ3) is 0.867. The second kappa shape index (κ2) is 2.51. The molecule has 2 unspecified atom stereocenters. The summed E-state index contributed by atoms with van der Waals surface area (Å²) in [5, 5.41) is 3.39. The molecular weight excluding hydrogens is 126 g/mol. The van der Waals surface area contributed by atoms with Crippen LogP contribution in [0.4, 0.5) is 0 Å². The topological polar surface area (TPSA) is 21.3 Å². The summed E-state index contributed by atoms with van der Waals surface area (Å²) in [6.07, 6.45) is 2.00. The number of fused-ring (bicyclic) bond motifs is 2. The van der Waals surface area contributed by atoms with Gasteiger partial charge in [0.1, 0.15) is 0 Å². The number of hydrogen-bond acceptors (Lipinski definition) is 2. The second-order valence-electron chi connectivity index (χ2n) is 3.33. The number of piperidine rings is 2. The van der Waals surface area contributed by atoms with Gasteiger partial charge < -0.3 is 10.1 Å². The maximum atomic E-state index is 5.60. The van der Waals surface area contributed by atoms with Gasteiger partial charge in [0.2, 0.25) is 0 Å². The predicted molar refractivity (Wildman–Crippen MR) is 39.9 cm³/mol. The zero-order valence-corrected chi connectivity index (χ0v) is 6.47. The number of ether oxygens (including phenoxy) is 1. The van der Waals surface area contributed by atoms with Gasteiger partial charge in [-0.05, 0) is 25.2 Å². The minimum absolute atomic E-state index is 0.603. The largest absolute Gasteiger partial charge is 0.378 e. The van der Waals surface area contributed by atoms with Crippen LogP contribution in [0.1, 0.15) is 13.3 Å². The average Bonchev–Trinajstić information content (AvgIpc) is 2.01. The van der Waals surface area contributed by atoms with Crippen molar-refractivity contribution < 1.29 is 4.74 Å². The van der Waals surface area contributed by atoms with Crippen molar-refractivity contribution in [2.75, 3.05) is 19.7 Å². The Balaban J connectivity index is 1.87. The monoisotopic (exact) mass is 141 g/mol. The van der Waals surface area contributed by atoms with Crippen molar-refractivity contribution in [2.24, 2.45) is 11.8 Å². The molecule has 0 amide bonds. The summed E-state index contributed by atoms with van der Waals surface area (Å²) in [5.41, 5.74) is 0. The summed E-state index contributed by atoms with van der Waals surface area (Å²) in [7, 11) is 0. The Hall–Kier alpha value is -0.0800. The molecule has 2 nitrogen and oxygen atoms in total. The van der Waals surface area contributed by atoms with Crippen molar-refractivity contribution in [2.45, 2.75) is 19.4 Å². The van der Waals surface area contributed by atoms with Crippen LogP contribution in [-0.4, -0.2) is 25.8 Å². The molecule has 0 aromatic carbocycles. The Bertz CT molecular complexity index is 112. The van der Waals surface area contributed by atoms with E-state index in [1.165, 1.54) is 19.5 Å². The lowest BCUT2D eigenvalue weighted by atomic mass is 9.69. The highest BCUT2D eigenvalue weighted by Gasteiger charge is 2.44. The molecule has 10 heavy (non-hydrogen) atoms. The highest BCUT2D eigenvalue weighted by molar-refractivity contribution is 4.96. The molecule has 2 aliphatic heterocycles. The predicted octanol–water partition coefficient (Wildman–Crippen LogP) is 0.631. The van der Waals surface area contributed by atoms with E-state index in [0.717, 1.165) is 18.4 Å². The lowest BCUT2D eigenvalue weighted by Crippen LogP contribution is -2.57. The van der Waals surface area contributed by atoms with Crippen molar-refractivity contribution in [3.05, 3.63) is 0 Å². The first kappa shape index (κ1) is 6.62. The molecule has 0 aromatic heterocycles. The van der Waals surface area contributed by atoms with Crippen LogP contribution in [0.3, 0.4) is 0 Å². The van der Waals surface area contributed by atoms with E-state index < -0.39 is 0 Å². The first-order valence-corrected chi connectivity index (χ1v) is 4.24. The van der Waals surface area contributed by atoms with Gasteiger partial charge in [-0.15, -0.1) is 0 Å². The Kier molecular flexibility index (Phi) is 1.66. The summed E-state index contributed by atoms with van der Waals surface area (Å²) in [5.74, 6) is 1.66. The fourth-order valence-electron chi connectivity index (χ4n) is 2.16. The maximum absolute atomic E-state index is 5.60. The zero-order valence-electron chi connectivity index (χ0n) is 6.47. The smallest absolute Gasteiger partial charge is 0.0655 e. The minimum atomic E-state index is 0.603. The van der Waals surface area contributed by atoms with Gasteiger partial charge in [-0.2, -0.15) is 0 Å². The standard InChI is InChI=1S/C8H15NO/c1-2-10-8-6-3-7(8)5-9-4-6/h6-9H,2-5H2,1H3. The zero-order chi connectivity index (χ0) is 6.97. The van der Waals surface area contributed by atoms with Crippen molar-refractivity contribution in [3.63, 3.8) is 0 Å². The average molecular weight is 141 g/mol. The van der Waals surface area contributed by atoms with Gasteiger partial charge in [-0.3, -0.25) is 0 Å². The van der Waals surface area contributed by atoms with E-state index >= 15 is 0 Å². The third-order valence-electron chi connectivity index (χ3n) is 2.71. The molecule has 1 saturated carbocycles. The van der Waals surface area contributed by atoms with E-state index in [0.29, 0.717) is 6.10 Å². The molecule has 0 spiro atoms. The Morgan fingerprint density at radius 2 is 2.10 bits per heavy atom. The molecule has 2 heteroatoms. The van der Waals surface area contributed by atoms with Crippen LogP contribution < -0.4 is 5.32 Å². The third-order valence-corrected chi connectivity index (χ3v) is 2.71. The molecule has 2 bridgehead atoms. The summed E-state index contributed by atoms with van der Waals surface area (Å²) in [4.78, 5) is 0. The first-order chi connectivity index (χ1) is 4.92. The Morgan fingerprint density at radius 3 is 2.60 bits per heavy atom. The van der Waals surface area contributed by atoms with E-state index in [1.807, 2.05) is 0 Å². The van der Waals surface area contributed by atoms with Crippen LogP contribution >= 0.6 is 0 Å². The normalized spacial score (nSPS) is 44.7. The van der Waals surface area contributed by atoms with Crippen LogP contribution in [0.15, 0.2) is 0 Å². The molecule has 3 fully saturated rings. The molecule has 3 aliphatic rings. The SMILES string of the molecule is CCOC1C2CNCC1C2. The Labute approximate surface area is 61.9 Å². The number of rotatable bonds is 2. The number of hydrogen-bond donors (Lipinski definition) is 1. The molecule has 2 atom stereocenters. The minimum Gasteiger partial charge on any atom is -0.378 e. The van der Waals surface area contributed by atoms with Crippen LogP contribution in [-0.2, 0) is 4.74 Å². The maximum Gasteiger partial charge on any atom is 0.0655 e. The summed E-state index contributed by atoms with van der Waals surface area (Å²) in [6.45, 7) is 5.33. The molecule has 2 heterocycles. The van der Waals surface area contributed by atoms with E-state index in [9.17, 15) is 0 Å².